The van der Waals surface area contributed by atoms with Crippen molar-refractivity contribution >= 4 is 17.4 Å². The number of methoxy groups -OCH3 is 2. The molecule has 6 nitrogen and oxygen atoms in total. The van der Waals surface area contributed by atoms with Crippen molar-refractivity contribution in [2.24, 2.45) is 0 Å². The molecule has 0 unspecified atom stereocenters. The molecule has 0 aliphatic carbocycles. The quantitative estimate of drug-likeness (QED) is 0.888. The van der Waals surface area contributed by atoms with E-state index in [1.165, 1.54) is 6.07 Å². The Bertz CT molecular complexity index is 824. The molecule has 1 fully saturated rings. The lowest BCUT2D eigenvalue weighted by molar-refractivity contribution is 0.208. The zero-order valence-electron chi connectivity index (χ0n) is 15.2. The third kappa shape index (κ3) is 4.21. The molecule has 27 heavy (non-hydrogen) atoms. The summed E-state index contributed by atoms with van der Waals surface area (Å²) in [5, 5.41) is 2.59. The van der Waals surface area contributed by atoms with Crippen LogP contribution in [-0.4, -0.2) is 51.3 Å². The lowest BCUT2D eigenvalue weighted by atomic mass is 10.2. The van der Waals surface area contributed by atoms with Crippen LogP contribution < -0.4 is 19.7 Å². The molecule has 0 aromatic heterocycles. The molecule has 0 saturated carbocycles. The number of ether oxygens (including phenoxy) is 2. The molecule has 1 aliphatic rings. The van der Waals surface area contributed by atoms with E-state index in [9.17, 15) is 13.6 Å². The summed E-state index contributed by atoms with van der Waals surface area (Å²) in [4.78, 5) is 16.1. The molecule has 2 amide bonds. The molecule has 0 atom stereocenters. The minimum atomic E-state index is -0.994. The van der Waals surface area contributed by atoms with Crippen molar-refractivity contribution in [2.45, 2.75) is 0 Å². The van der Waals surface area contributed by atoms with Crippen molar-refractivity contribution in [3.05, 3.63) is 48.0 Å². The second kappa shape index (κ2) is 8.11. The molecule has 0 bridgehead atoms. The molecule has 8 heteroatoms. The molecule has 2 aromatic carbocycles. The van der Waals surface area contributed by atoms with Gasteiger partial charge in [-0.05, 0) is 24.3 Å². The van der Waals surface area contributed by atoms with Crippen LogP contribution in [0.25, 0.3) is 0 Å². The summed E-state index contributed by atoms with van der Waals surface area (Å²) in [6.45, 7) is 2.29. The number of piperazine rings is 1. The third-order valence-electron chi connectivity index (χ3n) is 4.47. The lowest BCUT2D eigenvalue weighted by Crippen LogP contribution is -2.50. The SMILES string of the molecule is COc1ccc(N2CCN(C(=O)Nc3ccc(F)c(F)c3)CC2)cc1OC. The van der Waals surface area contributed by atoms with Crippen LogP contribution in [0.3, 0.4) is 0 Å². The number of amides is 2. The maximum atomic E-state index is 13.3. The van der Waals surface area contributed by atoms with Crippen LogP contribution in [-0.2, 0) is 0 Å². The van der Waals surface area contributed by atoms with Crippen LogP contribution in [0, 0.1) is 11.6 Å². The fraction of sp³-hybridized carbons (Fsp3) is 0.316. The van der Waals surface area contributed by atoms with Gasteiger partial charge in [0.15, 0.2) is 23.1 Å². The molecule has 1 heterocycles. The van der Waals surface area contributed by atoms with Crippen LogP contribution in [0.1, 0.15) is 0 Å². The molecule has 2 aromatic rings. The van der Waals surface area contributed by atoms with Crippen molar-refractivity contribution < 1.29 is 23.0 Å². The molecule has 1 N–H and O–H groups in total. The van der Waals surface area contributed by atoms with Crippen LogP contribution in [0.15, 0.2) is 36.4 Å². The van der Waals surface area contributed by atoms with Crippen LogP contribution in [0.5, 0.6) is 11.5 Å². The van der Waals surface area contributed by atoms with E-state index < -0.39 is 11.6 Å². The Labute approximate surface area is 156 Å². The van der Waals surface area contributed by atoms with Gasteiger partial charge in [-0.3, -0.25) is 0 Å². The Kier molecular flexibility index (Phi) is 5.63. The van der Waals surface area contributed by atoms with E-state index in [4.69, 9.17) is 9.47 Å². The maximum Gasteiger partial charge on any atom is 0.321 e. The minimum Gasteiger partial charge on any atom is -0.493 e. The van der Waals surface area contributed by atoms with Crippen LogP contribution >= 0.6 is 0 Å². The molecule has 1 aliphatic heterocycles. The average Bonchev–Trinajstić information content (AvgIpc) is 2.70. The minimum absolute atomic E-state index is 0.223. The van der Waals surface area contributed by atoms with Gasteiger partial charge < -0.3 is 24.6 Å². The predicted molar refractivity (Wildman–Crippen MR) is 98.7 cm³/mol. The molecule has 1 saturated heterocycles. The summed E-state index contributed by atoms with van der Waals surface area (Å²) in [6, 6.07) is 8.63. The number of carbonyl (C=O) groups is 1. The maximum absolute atomic E-state index is 13.3. The largest absolute Gasteiger partial charge is 0.493 e. The number of anilines is 2. The van der Waals surface area contributed by atoms with Gasteiger partial charge in [-0.15, -0.1) is 0 Å². The van der Waals surface area contributed by atoms with Gasteiger partial charge in [0.1, 0.15) is 0 Å². The number of rotatable bonds is 4. The Morgan fingerprint density at radius 2 is 1.63 bits per heavy atom. The normalized spacial score (nSPS) is 14.1. The van der Waals surface area contributed by atoms with E-state index in [2.05, 4.69) is 10.2 Å². The number of halogens is 2. The van der Waals surface area contributed by atoms with E-state index in [1.807, 2.05) is 18.2 Å². The zero-order chi connectivity index (χ0) is 19.4. The first kappa shape index (κ1) is 18.8. The van der Waals surface area contributed by atoms with Crippen LogP contribution in [0.2, 0.25) is 0 Å². The van der Waals surface area contributed by atoms with E-state index >= 15 is 0 Å². The molecule has 144 valence electrons. The monoisotopic (exact) mass is 377 g/mol. The van der Waals surface area contributed by atoms with Crippen molar-refractivity contribution in [3.63, 3.8) is 0 Å². The smallest absolute Gasteiger partial charge is 0.321 e. The summed E-state index contributed by atoms with van der Waals surface area (Å²) in [7, 11) is 3.17. The van der Waals surface area contributed by atoms with Crippen LogP contribution in [0.4, 0.5) is 25.0 Å². The van der Waals surface area contributed by atoms with E-state index in [0.29, 0.717) is 37.7 Å². The summed E-state index contributed by atoms with van der Waals surface area (Å²) >= 11 is 0. The highest BCUT2D eigenvalue weighted by Crippen LogP contribution is 2.31. The molecule has 0 spiro atoms. The molecule has 3 rings (SSSR count). The van der Waals surface area contributed by atoms with E-state index in [0.717, 1.165) is 17.8 Å². The highest BCUT2D eigenvalue weighted by molar-refractivity contribution is 5.89. The number of hydrogen-bond acceptors (Lipinski definition) is 4. The van der Waals surface area contributed by atoms with Gasteiger partial charge in [0, 0.05) is 49.7 Å². The van der Waals surface area contributed by atoms with Crippen molar-refractivity contribution in [1.82, 2.24) is 4.90 Å². The van der Waals surface area contributed by atoms with Crippen molar-refractivity contribution in [2.75, 3.05) is 50.6 Å². The fourth-order valence-corrected chi connectivity index (χ4v) is 2.97. The van der Waals surface area contributed by atoms with E-state index in [1.54, 1.807) is 19.1 Å². The molecular formula is C19H21F2N3O3. The van der Waals surface area contributed by atoms with Gasteiger partial charge in [0.2, 0.25) is 0 Å². The Morgan fingerprint density at radius 3 is 2.26 bits per heavy atom. The lowest BCUT2D eigenvalue weighted by Gasteiger charge is -2.36. The standard InChI is InChI=1S/C19H21F2N3O3/c1-26-17-6-4-14(12-18(17)27-2)23-7-9-24(10-8-23)19(25)22-13-3-5-15(20)16(21)11-13/h3-6,11-12H,7-10H2,1-2H3,(H,22,25). The topological polar surface area (TPSA) is 54.0 Å². The first-order chi connectivity index (χ1) is 13.0. The number of hydrogen-bond donors (Lipinski definition) is 1. The van der Waals surface area contributed by atoms with Gasteiger partial charge >= 0.3 is 6.03 Å². The van der Waals surface area contributed by atoms with Gasteiger partial charge in [0.25, 0.3) is 0 Å². The Hall–Kier alpha value is -3.03. The summed E-state index contributed by atoms with van der Waals surface area (Å²) < 4.78 is 36.8. The van der Waals surface area contributed by atoms with Gasteiger partial charge in [0.05, 0.1) is 14.2 Å². The van der Waals surface area contributed by atoms with E-state index in [-0.39, 0.29) is 11.7 Å². The Morgan fingerprint density at radius 1 is 0.926 bits per heavy atom. The summed E-state index contributed by atoms with van der Waals surface area (Å²) in [6.07, 6.45) is 0. The average molecular weight is 377 g/mol. The van der Waals surface area contributed by atoms with Gasteiger partial charge in [-0.1, -0.05) is 0 Å². The van der Waals surface area contributed by atoms with Crippen molar-refractivity contribution in [1.29, 1.82) is 0 Å². The summed E-state index contributed by atoms with van der Waals surface area (Å²) in [5.74, 6) is -0.637. The van der Waals surface area contributed by atoms with Gasteiger partial charge in [-0.2, -0.15) is 0 Å². The number of urea groups is 1. The highest BCUT2D eigenvalue weighted by atomic mass is 19.2. The second-order valence-corrected chi connectivity index (χ2v) is 6.07. The molecular weight excluding hydrogens is 356 g/mol. The number of carbonyl (C=O) groups excluding carboxylic acids is 1. The fourth-order valence-electron chi connectivity index (χ4n) is 2.97. The van der Waals surface area contributed by atoms with Crippen molar-refractivity contribution in [3.8, 4) is 11.5 Å². The highest BCUT2D eigenvalue weighted by Gasteiger charge is 2.22. The predicted octanol–water partition coefficient (Wildman–Crippen LogP) is 3.34. The first-order valence-corrected chi connectivity index (χ1v) is 8.50. The number of benzene rings is 2. The second-order valence-electron chi connectivity index (χ2n) is 6.07. The summed E-state index contributed by atoms with van der Waals surface area (Å²) in [5.41, 5.74) is 1.20. The first-order valence-electron chi connectivity index (χ1n) is 8.50. The third-order valence-corrected chi connectivity index (χ3v) is 4.47. The molecule has 0 radical (unpaired) electrons. The number of nitrogens with zero attached hydrogens (tertiary/aromatic N) is 2. The number of nitrogens with one attached hydrogen (secondary N) is 1. The zero-order valence-corrected chi connectivity index (χ0v) is 15.2. The van der Waals surface area contributed by atoms with Gasteiger partial charge in [-0.25, -0.2) is 13.6 Å². The Balaban J connectivity index is 1.59.